The number of Topliss-reactive ketones (excluding diaryl/α,β-unsaturated/α-hetero) is 1. The summed E-state index contributed by atoms with van der Waals surface area (Å²) in [4.78, 5) is 35.3. The Bertz CT molecular complexity index is 775. The van der Waals surface area contributed by atoms with E-state index in [-0.39, 0.29) is 12.3 Å². The van der Waals surface area contributed by atoms with E-state index in [0.717, 1.165) is 44.9 Å². The quantitative estimate of drug-likeness (QED) is 0.0313. The molecule has 0 bridgehead atoms. The predicted octanol–water partition coefficient (Wildman–Crippen LogP) is 11.4. The van der Waals surface area contributed by atoms with E-state index in [1.165, 1.54) is 122 Å². The monoisotopic (exact) mass is 672 g/mol. The number of nitrogens with zero attached hydrogens (tertiary/aromatic N) is 1. The molecule has 2 atom stereocenters. The van der Waals surface area contributed by atoms with Crippen LogP contribution in [-0.4, -0.2) is 48.4 Å². The number of likely N-dealkylation sites (N-methyl/N-ethyl adjacent to an activating group) is 1. The molecule has 0 rings (SSSR count). The van der Waals surface area contributed by atoms with Crippen molar-refractivity contribution in [2.24, 2.45) is 0 Å². The summed E-state index contributed by atoms with van der Waals surface area (Å²) < 4.78 is 17.7. The molecule has 0 spiro atoms. The van der Waals surface area contributed by atoms with Crippen molar-refractivity contribution in [1.29, 1.82) is 0 Å². The number of quaternary nitrogens is 1. The first kappa shape index (κ1) is 45.5. The molecule has 0 aromatic rings. The van der Waals surface area contributed by atoms with Crippen molar-refractivity contribution in [3.8, 4) is 0 Å². The molecule has 274 valence electrons. The lowest BCUT2D eigenvalue weighted by Crippen LogP contribution is -2.55. The standard InChI is InChI=1S/C39H78NO5P/c1-6-8-10-12-14-16-18-20-21-22-24-26-28-30-32-34-36-39(37-40(3,4)5,45-46(42,43)44)38(41)35-33-31-29-27-25-23-19-17-15-13-11-9-7-2/h20-21H,6-19,22-37H2,1-5H3,(H-,42,43,44)/b21-20-. The average Bonchev–Trinajstić information content (AvgIpc) is 2.97. The number of carbonyl (C=O) groups excluding carboxylic acids is 1. The number of unbranched alkanes of at least 4 members (excludes halogenated alkanes) is 24. The summed E-state index contributed by atoms with van der Waals surface area (Å²) in [5.74, 6) is -0.179. The van der Waals surface area contributed by atoms with Crippen LogP contribution < -0.4 is 4.89 Å². The summed E-state index contributed by atoms with van der Waals surface area (Å²) in [6.07, 6.45) is 37.9. The molecule has 0 fully saturated rings. The number of rotatable bonds is 35. The Morgan fingerprint density at radius 1 is 0.630 bits per heavy atom. The second-order valence-electron chi connectivity index (χ2n) is 15.1. The zero-order chi connectivity index (χ0) is 34.4. The van der Waals surface area contributed by atoms with Gasteiger partial charge in [0.05, 0.1) is 21.1 Å². The number of ketones is 1. The van der Waals surface area contributed by atoms with Crippen LogP contribution in [0.3, 0.4) is 0 Å². The third kappa shape index (κ3) is 29.6. The fraction of sp³-hybridized carbons (Fsp3) is 0.923. The van der Waals surface area contributed by atoms with Gasteiger partial charge in [0.1, 0.15) is 6.54 Å². The van der Waals surface area contributed by atoms with E-state index in [9.17, 15) is 19.1 Å². The van der Waals surface area contributed by atoms with Gasteiger partial charge < -0.3 is 14.3 Å². The maximum atomic E-state index is 13.6. The lowest BCUT2D eigenvalue weighted by molar-refractivity contribution is -0.875. The molecular weight excluding hydrogens is 593 g/mol. The molecule has 0 aromatic carbocycles. The van der Waals surface area contributed by atoms with Crippen LogP contribution in [0.25, 0.3) is 0 Å². The number of phosphoric acid groups is 1. The van der Waals surface area contributed by atoms with Crippen LogP contribution in [-0.2, 0) is 13.9 Å². The number of allylic oxidation sites excluding steroid dienone is 2. The molecule has 0 aliphatic carbocycles. The van der Waals surface area contributed by atoms with E-state index < -0.39 is 13.4 Å². The SMILES string of the molecule is CCCCCCCC/C=C\CCCCCCCCC(C[N+](C)(C)C)(OP(=O)([O-])O)C(=O)CCCCCCCCCCCCCCC. The van der Waals surface area contributed by atoms with E-state index in [1.807, 2.05) is 21.1 Å². The third-order valence-electron chi connectivity index (χ3n) is 9.13. The first-order chi connectivity index (χ1) is 22.0. The molecule has 1 N–H and O–H groups in total. The van der Waals surface area contributed by atoms with Crippen molar-refractivity contribution < 1.29 is 28.2 Å². The number of carbonyl (C=O) groups is 1. The fourth-order valence-corrected chi connectivity index (χ4v) is 7.30. The summed E-state index contributed by atoms with van der Waals surface area (Å²) in [7, 11) is 0.731. The van der Waals surface area contributed by atoms with Crippen molar-refractivity contribution in [2.45, 2.75) is 206 Å². The van der Waals surface area contributed by atoms with Crippen molar-refractivity contribution >= 4 is 13.6 Å². The fourth-order valence-electron chi connectivity index (χ4n) is 6.61. The van der Waals surface area contributed by atoms with Gasteiger partial charge in [0, 0.05) is 6.42 Å². The lowest BCUT2D eigenvalue weighted by Gasteiger charge is -2.40. The van der Waals surface area contributed by atoms with Crippen LogP contribution in [0.4, 0.5) is 0 Å². The van der Waals surface area contributed by atoms with Crippen LogP contribution in [0, 0.1) is 0 Å². The first-order valence-corrected chi connectivity index (χ1v) is 21.2. The highest BCUT2D eigenvalue weighted by atomic mass is 31.2. The van der Waals surface area contributed by atoms with Crippen LogP contribution in [0.2, 0.25) is 0 Å². The number of phosphoric ester groups is 1. The Kier molecular flexibility index (Phi) is 29.1. The molecule has 0 saturated heterocycles. The Hall–Kier alpha value is -0.520. The summed E-state index contributed by atoms with van der Waals surface area (Å²) in [5, 5.41) is 0. The zero-order valence-electron chi connectivity index (χ0n) is 31.3. The molecule has 46 heavy (non-hydrogen) atoms. The molecule has 0 aliphatic rings. The zero-order valence-corrected chi connectivity index (χ0v) is 32.2. The highest BCUT2D eigenvalue weighted by Gasteiger charge is 2.45. The first-order valence-electron chi connectivity index (χ1n) is 19.7. The molecule has 6 nitrogen and oxygen atoms in total. The van der Waals surface area contributed by atoms with Gasteiger partial charge in [-0.25, -0.2) is 0 Å². The van der Waals surface area contributed by atoms with Crippen LogP contribution in [0.1, 0.15) is 200 Å². The summed E-state index contributed by atoms with van der Waals surface area (Å²) in [6.45, 7) is 4.74. The maximum Gasteiger partial charge on any atom is 0.266 e. The second-order valence-corrected chi connectivity index (χ2v) is 16.2. The molecular formula is C39H78NO5P. The molecule has 2 unspecified atom stereocenters. The van der Waals surface area contributed by atoms with E-state index >= 15 is 0 Å². The minimum atomic E-state index is -5.08. The molecule has 0 amide bonds. The molecule has 0 heterocycles. The summed E-state index contributed by atoms with van der Waals surface area (Å²) in [5.41, 5.74) is -1.50. The van der Waals surface area contributed by atoms with E-state index in [1.54, 1.807) is 0 Å². The van der Waals surface area contributed by atoms with Crippen molar-refractivity contribution in [2.75, 3.05) is 27.7 Å². The van der Waals surface area contributed by atoms with Gasteiger partial charge in [0.2, 0.25) is 0 Å². The van der Waals surface area contributed by atoms with Gasteiger partial charge >= 0.3 is 0 Å². The van der Waals surface area contributed by atoms with E-state index in [2.05, 4.69) is 26.0 Å². The smallest absolute Gasteiger partial charge is 0.266 e. The average molecular weight is 672 g/mol. The highest BCUT2D eigenvalue weighted by molar-refractivity contribution is 7.44. The van der Waals surface area contributed by atoms with Crippen molar-refractivity contribution in [3.05, 3.63) is 12.2 Å². The van der Waals surface area contributed by atoms with Gasteiger partial charge in [-0.05, 0) is 44.9 Å². The topological polar surface area (TPSA) is 86.7 Å². The van der Waals surface area contributed by atoms with Gasteiger partial charge in [0.25, 0.3) is 7.82 Å². The summed E-state index contributed by atoms with van der Waals surface area (Å²) >= 11 is 0. The van der Waals surface area contributed by atoms with Crippen molar-refractivity contribution in [1.82, 2.24) is 0 Å². The Morgan fingerprint density at radius 3 is 1.35 bits per heavy atom. The molecule has 0 aromatic heterocycles. The molecule has 0 radical (unpaired) electrons. The van der Waals surface area contributed by atoms with Gasteiger partial charge in [-0.2, -0.15) is 0 Å². The Balaban J connectivity index is 4.46. The molecule has 0 aliphatic heterocycles. The van der Waals surface area contributed by atoms with E-state index in [4.69, 9.17) is 4.52 Å². The largest absolute Gasteiger partial charge is 0.756 e. The third-order valence-corrected chi connectivity index (χ3v) is 9.71. The molecule has 7 heteroatoms. The van der Waals surface area contributed by atoms with Gasteiger partial charge in [-0.3, -0.25) is 13.9 Å². The Morgan fingerprint density at radius 2 is 0.978 bits per heavy atom. The minimum Gasteiger partial charge on any atom is -0.756 e. The van der Waals surface area contributed by atoms with Gasteiger partial charge in [-0.1, -0.05) is 161 Å². The van der Waals surface area contributed by atoms with Crippen LogP contribution in [0.5, 0.6) is 0 Å². The van der Waals surface area contributed by atoms with Gasteiger partial charge in [-0.15, -0.1) is 0 Å². The lowest BCUT2D eigenvalue weighted by atomic mass is 9.87. The highest BCUT2D eigenvalue weighted by Crippen LogP contribution is 2.42. The van der Waals surface area contributed by atoms with E-state index in [0.29, 0.717) is 23.7 Å². The normalized spacial score (nSPS) is 14.9. The molecule has 0 saturated carbocycles. The van der Waals surface area contributed by atoms with Crippen LogP contribution in [0.15, 0.2) is 12.2 Å². The number of hydrogen-bond acceptors (Lipinski definition) is 4. The summed E-state index contributed by atoms with van der Waals surface area (Å²) in [6, 6.07) is 0. The Labute approximate surface area is 286 Å². The van der Waals surface area contributed by atoms with Crippen LogP contribution >= 0.6 is 7.82 Å². The van der Waals surface area contributed by atoms with Gasteiger partial charge in [0.15, 0.2) is 11.4 Å². The number of hydrogen-bond donors (Lipinski definition) is 1. The predicted molar refractivity (Wildman–Crippen MR) is 196 cm³/mol. The minimum absolute atomic E-state index is 0.179. The maximum absolute atomic E-state index is 13.6. The second kappa shape index (κ2) is 29.4. The van der Waals surface area contributed by atoms with Crippen molar-refractivity contribution in [3.63, 3.8) is 0 Å².